The molecule has 12 rings (SSSR count). The van der Waals surface area contributed by atoms with Crippen molar-refractivity contribution in [3.05, 3.63) is 376 Å². The molecule has 0 aliphatic heterocycles. The molecule has 0 aliphatic carbocycles. The van der Waals surface area contributed by atoms with Crippen molar-refractivity contribution in [3.8, 4) is 0 Å². The molecule has 0 spiro atoms. The third-order valence-corrected chi connectivity index (χ3v) is 15.2. The van der Waals surface area contributed by atoms with Gasteiger partial charge in [-0.2, -0.15) is 0 Å². The molecule has 0 radical (unpaired) electrons. The average Bonchev–Trinajstić information content (AvgIpc) is 3.85. The number of allylic oxidation sites excluding steroid dienone is 1. The first-order valence-electron chi connectivity index (χ1n) is 25.9. The number of fused-ring (bicyclic) bond motifs is 3. The van der Waals surface area contributed by atoms with E-state index in [2.05, 4.69) is 309 Å². The molecule has 1 aromatic heterocycles. The van der Waals surface area contributed by atoms with Crippen LogP contribution in [0.3, 0.4) is 0 Å². The second-order valence-corrected chi connectivity index (χ2v) is 19.5. The van der Waals surface area contributed by atoms with E-state index >= 15 is 0 Å². The fourth-order valence-electron chi connectivity index (χ4n) is 11.7. The zero-order chi connectivity index (χ0) is 49.6. The highest BCUT2D eigenvalue weighted by Crippen LogP contribution is 2.47. The lowest BCUT2D eigenvalue weighted by Gasteiger charge is -2.37. The van der Waals surface area contributed by atoms with Crippen LogP contribution in [0.5, 0.6) is 0 Å². The molecular formula is C73H56O. The van der Waals surface area contributed by atoms with Crippen molar-refractivity contribution in [1.82, 2.24) is 0 Å². The van der Waals surface area contributed by atoms with Gasteiger partial charge in [-0.25, -0.2) is 0 Å². The molecule has 1 nitrogen and oxygen atoms in total. The summed E-state index contributed by atoms with van der Waals surface area (Å²) in [6.07, 6.45) is 6.14. The van der Waals surface area contributed by atoms with Gasteiger partial charge >= 0.3 is 0 Å². The Labute approximate surface area is 435 Å². The van der Waals surface area contributed by atoms with Gasteiger partial charge in [0.15, 0.2) is 0 Å². The second-order valence-electron chi connectivity index (χ2n) is 19.5. The van der Waals surface area contributed by atoms with Crippen LogP contribution in [0.1, 0.15) is 78.2 Å². The Bertz CT molecular complexity index is 3580. The largest absolute Gasteiger partial charge is 0.456 e. The van der Waals surface area contributed by atoms with E-state index < -0.39 is 10.8 Å². The minimum absolute atomic E-state index is 0.126. The highest BCUT2D eigenvalue weighted by atomic mass is 16.3. The predicted molar refractivity (Wildman–Crippen MR) is 308 cm³/mol. The number of rotatable bonds is 15. The number of hydrogen-bond donors (Lipinski definition) is 0. The van der Waals surface area contributed by atoms with Crippen LogP contribution in [0.25, 0.3) is 28.0 Å². The quantitative estimate of drug-likeness (QED) is 0.0934. The van der Waals surface area contributed by atoms with E-state index in [4.69, 9.17) is 4.42 Å². The fraction of sp³-hybridized carbons (Fsp3) is 0.0685. The molecule has 11 aromatic carbocycles. The molecule has 0 aliphatic rings. The molecular weight excluding hydrogens is 893 g/mol. The van der Waals surface area contributed by atoms with E-state index in [0.29, 0.717) is 0 Å². The molecule has 1 heteroatoms. The summed E-state index contributed by atoms with van der Waals surface area (Å²) in [6, 6.07) is 108. The van der Waals surface area contributed by atoms with Crippen LogP contribution in [0.15, 0.2) is 308 Å². The molecule has 0 saturated heterocycles. The number of furan rings is 1. The van der Waals surface area contributed by atoms with Gasteiger partial charge in [-0.1, -0.05) is 291 Å². The van der Waals surface area contributed by atoms with Gasteiger partial charge in [-0.15, -0.1) is 0 Å². The predicted octanol–water partition coefficient (Wildman–Crippen LogP) is 18.0. The van der Waals surface area contributed by atoms with Crippen molar-refractivity contribution < 1.29 is 4.42 Å². The van der Waals surface area contributed by atoms with Crippen LogP contribution in [-0.2, 0) is 23.7 Å². The SMILES string of the molecule is C(=C\c1ccc2c(c1)oc1cc(C(Cc3ccc(C(c4ccccc4)(c4ccccc4)c4ccccc4)cc3)c3ccccc3)ccc12)/Cc1ccc(C(c2ccccc2)(c2ccccc2)c2ccccc2)cc1. The van der Waals surface area contributed by atoms with E-state index in [1.54, 1.807) is 0 Å². The average molecular weight is 949 g/mol. The molecule has 1 unspecified atom stereocenters. The first-order valence-corrected chi connectivity index (χ1v) is 25.9. The van der Waals surface area contributed by atoms with Gasteiger partial charge in [-0.05, 0) is 103 Å². The minimum atomic E-state index is -0.487. The highest BCUT2D eigenvalue weighted by Gasteiger charge is 2.39. The summed E-state index contributed by atoms with van der Waals surface area (Å²) in [5, 5.41) is 2.26. The van der Waals surface area contributed by atoms with Gasteiger partial charge in [-0.3, -0.25) is 0 Å². The zero-order valence-corrected chi connectivity index (χ0v) is 41.3. The van der Waals surface area contributed by atoms with E-state index in [1.165, 1.54) is 66.8 Å². The van der Waals surface area contributed by atoms with E-state index in [1.807, 2.05) is 0 Å². The lowest BCUT2D eigenvalue weighted by Crippen LogP contribution is -2.31. The van der Waals surface area contributed by atoms with Gasteiger partial charge in [0.05, 0.1) is 10.8 Å². The van der Waals surface area contributed by atoms with Crippen molar-refractivity contribution in [2.24, 2.45) is 0 Å². The van der Waals surface area contributed by atoms with Crippen molar-refractivity contribution in [2.45, 2.75) is 29.6 Å². The number of benzene rings is 11. The maximum Gasteiger partial charge on any atom is 0.136 e. The van der Waals surface area contributed by atoms with Gasteiger partial charge in [0, 0.05) is 16.7 Å². The van der Waals surface area contributed by atoms with Crippen LogP contribution < -0.4 is 0 Å². The van der Waals surface area contributed by atoms with Crippen molar-refractivity contribution in [2.75, 3.05) is 0 Å². The van der Waals surface area contributed by atoms with Gasteiger partial charge < -0.3 is 4.42 Å². The van der Waals surface area contributed by atoms with Crippen LogP contribution >= 0.6 is 0 Å². The van der Waals surface area contributed by atoms with E-state index in [0.717, 1.165) is 40.3 Å². The topological polar surface area (TPSA) is 13.1 Å². The minimum Gasteiger partial charge on any atom is -0.456 e. The summed E-state index contributed by atoms with van der Waals surface area (Å²) < 4.78 is 6.73. The van der Waals surface area contributed by atoms with E-state index in [9.17, 15) is 0 Å². The molecule has 1 atom stereocenters. The van der Waals surface area contributed by atoms with Gasteiger partial charge in [0.2, 0.25) is 0 Å². The zero-order valence-electron chi connectivity index (χ0n) is 41.3. The molecule has 0 saturated carbocycles. The monoisotopic (exact) mass is 948 g/mol. The lowest BCUT2D eigenvalue weighted by molar-refractivity contribution is 0.667. The summed E-state index contributed by atoms with van der Waals surface area (Å²) in [4.78, 5) is 0. The molecule has 1 heterocycles. The standard InChI is InChI=1S/C73H56O/c1-8-25-57(26-9-1)69(51-56-41-47-66(48-42-56)73(62-33-16-5-17-34-62,63-35-18-6-19-36-63)64-37-20-7-21-38-64)58-44-50-68-67-49-43-55(52-70(67)74-71(68)53-58)24-22-23-54-39-45-65(46-40-54)72(59-27-10-2-11-28-59,60-29-12-3-13-30-60)61-31-14-4-15-32-61/h1-22,24-50,52-53,69H,23,51H2/b24-22+. The third kappa shape index (κ3) is 8.67. The second kappa shape index (κ2) is 20.6. The molecule has 0 N–H and O–H groups in total. The Morgan fingerprint density at radius 1 is 0.311 bits per heavy atom. The van der Waals surface area contributed by atoms with E-state index in [-0.39, 0.29) is 5.92 Å². The molecule has 0 amide bonds. The van der Waals surface area contributed by atoms with Crippen molar-refractivity contribution >= 4 is 28.0 Å². The Kier molecular flexibility index (Phi) is 12.8. The Balaban J connectivity index is 0.817. The Morgan fingerprint density at radius 2 is 0.662 bits per heavy atom. The Morgan fingerprint density at radius 3 is 1.08 bits per heavy atom. The first kappa shape index (κ1) is 46.1. The lowest BCUT2D eigenvalue weighted by atomic mass is 9.65. The summed E-state index contributed by atoms with van der Waals surface area (Å²) in [6.45, 7) is 0. The first-order chi connectivity index (χ1) is 36.7. The number of hydrogen-bond acceptors (Lipinski definition) is 1. The fourth-order valence-corrected chi connectivity index (χ4v) is 11.7. The maximum absolute atomic E-state index is 6.73. The molecule has 0 bridgehead atoms. The highest BCUT2D eigenvalue weighted by molar-refractivity contribution is 6.05. The van der Waals surface area contributed by atoms with Gasteiger partial charge in [0.1, 0.15) is 11.2 Å². The maximum atomic E-state index is 6.73. The summed E-state index contributed by atoms with van der Waals surface area (Å²) in [5.74, 6) is 0.126. The summed E-state index contributed by atoms with van der Waals surface area (Å²) >= 11 is 0. The summed E-state index contributed by atoms with van der Waals surface area (Å²) in [5.41, 5.74) is 17.0. The van der Waals surface area contributed by atoms with Crippen LogP contribution in [0, 0.1) is 0 Å². The van der Waals surface area contributed by atoms with Crippen molar-refractivity contribution in [3.63, 3.8) is 0 Å². The van der Waals surface area contributed by atoms with Crippen LogP contribution in [0.2, 0.25) is 0 Å². The smallest absolute Gasteiger partial charge is 0.136 e. The van der Waals surface area contributed by atoms with Gasteiger partial charge in [0.25, 0.3) is 0 Å². The third-order valence-electron chi connectivity index (χ3n) is 15.2. The van der Waals surface area contributed by atoms with Crippen molar-refractivity contribution in [1.29, 1.82) is 0 Å². The molecule has 12 aromatic rings. The van der Waals surface area contributed by atoms with Crippen LogP contribution in [0.4, 0.5) is 0 Å². The molecule has 0 fully saturated rings. The van der Waals surface area contributed by atoms with Crippen LogP contribution in [-0.4, -0.2) is 0 Å². The molecule has 74 heavy (non-hydrogen) atoms. The molecule has 354 valence electrons. The normalized spacial score (nSPS) is 12.3. The Hall–Kier alpha value is -9.04. The summed E-state index contributed by atoms with van der Waals surface area (Å²) in [7, 11) is 0.